The molecule has 1 aliphatic rings. The van der Waals surface area contributed by atoms with E-state index in [1.807, 2.05) is 0 Å². The number of ketones is 3. The standard InChI is InChI=1S/C14H12Cl2O4/c1-20-10-6-5-7(12(15)13(10)16)14(19)11-8(17)3-2-4-9(11)18/h5-6,11H,2-4H2,1H3. The van der Waals surface area contributed by atoms with Crippen molar-refractivity contribution in [2.24, 2.45) is 5.92 Å². The van der Waals surface area contributed by atoms with Gasteiger partial charge >= 0.3 is 0 Å². The number of hydrogen-bond acceptors (Lipinski definition) is 4. The van der Waals surface area contributed by atoms with E-state index in [2.05, 4.69) is 0 Å². The molecule has 0 saturated heterocycles. The van der Waals surface area contributed by atoms with E-state index >= 15 is 0 Å². The van der Waals surface area contributed by atoms with Gasteiger partial charge in [0.05, 0.1) is 12.1 Å². The van der Waals surface area contributed by atoms with E-state index in [9.17, 15) is 14.4 Å². The van der Waals surface area contributed by atoms with Crippen LogP contribution in [-0.2, 0) is 9.59 Å². The van der Waals surface area contributed by atoms with Crippen molar-refractivity contribution < 1.29 is 19.1 Å². The van der Waals surface area contributed by atoms with Gasteiger partial charge in [-0.1, -0.05) is 23.2 Å². The molecule has 0 bridgehead atoms. The van der Waals surface area contributed by atoms with Crippen LogP contribution in [0.15, 0.2) is 12.1 Å². The Morgan fingerprint density at radius 2 is 1.75 bits per heavy atom. The normalized spacial score (nSPS) is 16.4. The van der Waals surface area contributed by atoms with E-state index in [0.29, 0.717) is 12.2 Å². The van der Waals surface area contributed by atoms with Crippen LogP contribution in [0.2, 0.25) is 10.0 Å². The third-order valence-electron chi connectivity index (χ3n) is 3.28. The molecule has 4 nitrogen and oxygen atoms in total. The summed E-state index contributed by atoms with van der Waals surface area (Å²) in [5.41, 5.74) is 0.0751. The van der Waals surface area contributed by atoms with Gasteiger partial charge in [0.15, 0.2) is 17.3 Å². The third-order valence-corrected chi connectivity index (χ3v) is 4.15. The third kappa shape index (κ3) is 2.58. The molecule has 0 unspecified atom stereocenters. The molecule has 1 aromatic carbocycles. The fourth-order valence-corrected chi connectivity index (χ4v) is 2.72. The summed E-state index contributed by atoms with van der Waals surface area (Å²) in [6, 6.07) is 2.91. The second-order valence-corrected chi connectivity index (χ2v) is 5.28. The highest BCUT2D eigenvalue weighted by molar-refractivity contribution is 6.45. The van der Waals surface area contributed by atoms with Crippen molar-refractivity contribution in [1.82, 2.24) is 0 Å². The summed E-state index contributed by atoms with van der Waals surface area (Å²) in [7, 11) is 1.42. The summed E-state index contributed by atoms with van der Waals surface area (Å²) in [5.74, 6) is -2.21. The zero-order valence-corrected chi connectivity index (χ0v) is 12.3. The minimum Gasteiger partial charge on any atom is -0.495 e. The molecule has 0 heterocycles. The monoisotopic (exact) mass is 314 g/mol. The average molecular weight is 315 g/mol. The summed E-state index contributed by atoms with van der Waals surface area (Å²) in [4.78, 5) is 36.0. The molecular weight excluding hydrogens is 303 g/mol. The fourth-order valence-electron chi connectivity index (χ4n) is 2.23. The molecule has 1 aliphatic carbocycles. The number of rotatable bonds is 3. The Hall–Kier alpha value is -1.39. The van der Waals surface area contributed by atoms with E-state index in [1.165, 1.54) is 19.2 Å². The fraction of sp³-hybridized carbons (Fsp3) is 0.357. The molecule has 0 spiro atoms. The van der Waals surface area contributed by atoms with Crippen molar-refractivity contribution in [2.45, 2.75) is 19.3 Å². The molecule has 1 aromatic rings. The van der Waals surface area contributed by atoms with Crippen LogP contribution >= 0.6 is 23.2 Å². The van der Waals surface area contributed by atoms with Gasteiger partial charge in [0.1, 0.15) is 16.7 Å². The number of Topliss-reactive ketones (excluding diaryl/α,β-unsaturated/α-hetero) is 3. The maximum atomic E-state index is 12.4. The number of methoxy groups -OCH3 is 1. The molecule has 20 heavy (non-hydrogen) atoms. The summed E-state index contributed by atoms with van der Waals surface area (Å²) < 4.78 is 4.99. The van der Waals surface area contributed by atoms with Gasteiger partial charge in [0.25, 0.3) is 0 Å². The van der Waals surface area contributed by atoms with Gasteiger partial charge in [-0.25, -0.2) is 0 Å². The number of benzene rings is 1. The Bertz CT molecular complexity index is 579. The van der Waals surface area contributed by atoms with E-state index in [0.717, 1.165) is 0 Å². The summed E-state index contributed by atoms with van der Waals surface area (Å²) in [5, 5.41) is 0.0953. The number of carbonyl (C=O) groups excluding carboxylic acids is 3. The first-order valence-electron chi connectivity index (χ1n) is 6.09. The number of ether oxygens (including phenoxy) is 1. The maximum Gasteiger partial charge on any atom is 0.182 e. The lowest BCUT2D eigenvalue weighted by molar-refractivity contribution is -0.133. The van der Waals surface area contributed by atoms with Crippen molar-refractivity contribution in [3.05, 3.63) is 27.7 Å². The van der Waals surface area contributed by atoms with Crippen molar-refractivity contribution >= 4 is 40.6 Å². The zero-order chi connectivity index (χ0) is 14.9. The van der Waals surface area contributed by atoms with Crippen LogP contribution in [0.1, 0.15) is 29.6 Å². The molecule has 1 saturated carbocycles. The minimum absolute atomic E-state index is 0.00203. The van der Waals surface area contributed by atoms with Gasteiger partial charge in [-0.2, -0.15) is 0 Å². The highest BCUT2D eigenvalue weighted by Gasteiger charge is 2.37. The molecule has 0 atom stereocenters. The van der Waals surface area contributed by atoms with Crippen LogP contribution in [0, 0.1) is 5.92 Å². The first kappa shape index (κ1) is 15.0. The Morgan fingerprint density at radius 1 is 1.15 bits per heavy atom. The smallest absolute Gasteiger partial charge is 0.182 e. The second-order valence-electron chi connectivity index (χ2n) is 4.53. The van der Waals surface area contributed by atoms with Crippen molar-refractivity contribution in [3.63, 3.8) is 0 Å². The van der Waals surface area contributed by atoms with Gasteiger partial charge < -0.3 is 4.74 Å². The highest BCUT2D eigenvalue weighted by Crippen LogP contribution is 2.36. The quantitative estimate of drug-likeness (QED) is 0.635. The van der Waals surface area contributed by atoms with Gasteiger partial charge in [-0.3, -0.25) is 14.4 Å². The van der Waals surface area contributed by atoms with Crippen LogP contribution < -0.4 is 4.74 Å². The SMILES string of the molecule is COc1ccc(C(=O)C2C(=O)CCCC2=O)c(Cl)c1Cl. The zero-order valence-electron chi connectivity index (χ0n) is 10.7. The van der Waals surface area contributed by atoms with Crippen LogP contribution in [0.4, 0.5) is 0 Å². The predicted octanol–water partition coefficient (Wildman–Crippen LogP) is 3.12. The van der Waals surface area contributed by atoms with Crippen molar-refractivity contribution in [2.75, 3.05) is 7.11 Å². The first-order chi connectivity index (χ1) is 9.47. The predicted molar refractivity (Wildman–Crippen MR) is 74.7 cm³/mol. The van der Waals surface area contributed by atoms with Crippen LogP contribution in [0.25, 0.3) is 0 Å². The first-order valence-corrected chi connectivity index (χ1v) is 6.84. The molecule has 0 N–H and O–H groups in total. The van der Waals surface area contributed by atoms with Crippen LogP contribution in [0.3, 0.4) is 0 Å². The average Bonchev–Trinajstić information content (AvgIpc) is 2.41. The molecule has 2 rings (SSSR count). The van der Waals surface area contributed by atoms with E-state index in [1.54, 1.807) is 0 Å². The molecule has 0 aromatic heterocycles. The van der Waals surface area contributed by atoms with Crippen molar-refractivity contribution in [3.8, 4) is 5.75 Å². The van der Waals surface area contributed by atoms with Gasteiger partial charge in [-0.05, 0) is 18.6 Å². The summed E-state index contributed by atoms with van der Waals surface area (Å²) in [6.45, 7) is 0. The second kappa shape index (κ2) is 5.94. The largest absolute Gasteiger partial charge is 0.495 e. The molecule has 0 aliphatic heterocycles. The molecule has 0 amide bonds. The Morgan fingerprint density at radius 3 is 2.30 bits per heavy atom. The van der Waals surface area contributed by atoms with Gasteiger partial charge in [0.2, 0.25) is 0 Å². The molecular formula is C14H12Cl2O4. The van der Waals surface area contributed by atoms with Crippen LogP contribution in [0.5, 0.6) is 5.75 Å². The van der Waals surface area contributed by atoms with Gasteiger partial charge in [0, 0.05) is 18.4 Å². The Labute approximate surface area is 126 Å². The molecule has 0 radical (unpaired) electrons. The summed E-state index contributed by atoms with van der Waals surface area (Å²) in [6.07, 6.45) is 0.978. The Balaban J connectivity index is 2.41. The lowest BCUT2D eigenvalue weighted by Crippen LogP contribution is -2.35. The summed E-state index contributed by atoms with van der Waals surface area (Å²) >= 11 is 12.0. The van der Waals surface area contributed by atoms with Crippen molar-refractivity contribution in [1.29, 1.82) is 0 Å². The van der Waals surface area contributed by atoms with E-state index in [4.69, 9.17) is 27.9 Å². The molecule has 6 heteroatoms. The highest BCUT2D eigenvalue weighted by atomic mass is 35.5. The lowest BCUT2D eigenvalue weighted by Gasteiger charge is -2.19. The maximum absolute atomic E-state index is 12.4. The van der Waals surface area contributed by atoms with E-state index in [-0.39, 0.29) is 40.0 Å². The van der Waals surface area contributed by atoms with Crippen LogP contribution in [-0.4, -0.2) is 24.5 Å². The number of halogens is 2. The number of carbonyl (C=O) groups is 3. The lowest BCUT2D eigenvalue weighted by atomic mass is 9.81. The molecule has 106 valence electrons. The van der Waals surface area contributed by atoms with Gasteiger partial charge in [-0.15, -0.1) is 0 Å². The number of hydrogen-bond donors (Lipinski definition) is 0. The topological polar surface area (TPSA) is 60.4 Å². The Kier molecular flexibility index (Phi) is 4.45. The molecule has 1 fully saturated rings. The van der Waals surface area contributed by atoms with E-state index < -0.39 is 11.7 Å². The minimum atomic E-state index is -1.24.